The maximum atomic E-state index is 5.75. The number of benzene rings is 1. The molecule has 2 saturated carbocycles. The summed E-state index contributed by atoms with van der Waals surface area (Å²) in [6.45, 7) is 0.717. The second-order valence-electron chi connectivity index (χ2n) is 8.56. The molecule has 0 saturated heterocycles. The quantitative estimate of drug-likeness (QED) is 0.493. The Hall–Kier alpha value is -0.790. The molecule has 1 nitrogen and oxygen atoms in total. The van der Waals surface area contributed by atoms with Crippen molar-refractivity contribution >= 4 is 11.6 Å². The highest BCUT2D eigenvalue weighted by atomic mass is 35.5. The molecule has 0 amide bonds. The van der Waals surface area contributed by atoms with Crippen LogP contribution in [0.5, 0.6) is 0 Å². The van der Waals surface area contributed by atoms with E-state index in [0.29, 0.717) is 6.61 Å². The van der Waals surface area contributed by atoms with Gasteiger partial charge in [0.1, 0.15) is 0 Å². The molecule has 0 unspecified atom stereocenters. The maximum Gasteiger partial charge on any atom is 0.0713 e. The SMILES string of the molecule is COCc1ccc(CCC2CCC(C3CCC(C=CCl)CC3)CC2)cc1. The fourth-order valence-corrected chi connectivity index (χ4v) is 5.41. The van der Waals surface area contributed by atoms with Gasteiger partial charge < -0.3 is 4.74 Å². The smallest absolute Gasteiger partial charge is 0.0713 e. The Balaban J connectivity index is 1.36. The summed E-state index contributed by atoms with van der Waals surface area (Å²) in [5, 5.41) is 0. The van der Waals surface area contributed by atoms with Gasteiger partial charge in [-0.25, -0.2) is 0 Å². The van der Waals surface area contributed by atoms with Crippen LogP contribution < -0.4 is 0 Å². The highest BCUT2D eigenvalue weighted by Gasteiger charge is 2.30. The monoisotopic (exact) mass is 374 g/mol. The molecule has 144 valence electrons. The molecule has 0 aliphatic heterocycles. The van der Waals surface area contributed by atoms with Gasteiger partial charge in [0.05, 0.1) is 6.61 Å². The molecule has 0 heterocycles. The summed E-state index contributed by atoms with van der Waals surface area (Å²) < 4.78 is 5.19. The van der Waals surface area contributed by atoms with Crippen LogP contribution in [0, 0.1) is 23.7 Å². The van der Waals surface area contributed by atoms with E-state index in [4.69, 9.17) is 16.3 Å². The number of hydrogen-bond donors (Lipinski definition) is 0. The Morgan fingerprint density at radius 1 is 0.885 bits per heavy atom. The number of methoxy groups -OCH3 is 1. The van der Waals surface area contributed by atoms with Gasteiger partial charge in [-0.05, 0) is 86.2 Å². The fraction of sp³-hybridized carbons (Fsp3) is 0.667. The van der Waals surface area contributed by atoms with Crippen LogP contribution in [0.25, 0.3) is 0 Å². The summed E-state index contributed by atoms with van der Waals surface area (Å²) in [7, 11) is 1.76. The highest BCUT2D eigenvalue weighted by Crippen LogP contribution is 2.42. The lowest BCUT2D eigenvalue weighted by molar-refractivity contribution is 0.153. The molecule has 0 atom stereocenters. The lowest BCUT2D eigenvalue weighted by Gasteiger charge is -2.37. The van der Waals surface area contributed by atoms with E-state index in [0.717, 1.165) is 23.7 Å². The van der Waals surface area contributed by atoms with Crippen molar-refractivity contribution in [1.29, 1.82) is 0 Å². The molecule has 2 heteroatoms. The second kappa shape index (κ2) is 10.5. The van der Waals surface area contributed by atoms with Crippen LogP contribution in [0.3, 0.4) is 0 Å². The van der Waals surface area contributed by atoms with Gasteiger partial charge in [-0.1, -0.05) is 54.8 Å². The number of aryl methyl sites for hydroxylation is 1. The van der Waals surface area contributed by atoms with Gasteiger partial charge >= 0.3 is 0 Å². The zero-order valence-electron chi connectivity index (χ0n) is 16.3. The summed E-state index contributed by atoms with van der Waals surface area (Å²) in [6, 6.07) is 9.00. The minimum absolute atomic E-state index is 0.717. The van der Waals surface area contributed by atoms with Crippen molar-refractivity contribution in [3.63, 3.8) is 0 Å². The minimum atomic E-state index is 0.717. The lowest BCUT2D eigenvalue weighted by Crippen LogP contribution is -2.25. The first-order chi connectivity index (χ1) is 12.8. The number of rotatable bonds is 7. The third-order valence-corrected chi connectivity index (χ3v) is 7.04. The van der Waals surface area contributed by atoms with E-state index < -0.39 is 0 Å². The molecule has 0 aromatic heterocycles. The number of hydrogen-bond acceptors (Lipinski definition) is 1. The third kappa shape index (κ3) is 5.86. The molecule has 2 aliphatic rings. The molecular formula is C24H35ClO. The van der Waals surface area contributed by atoms with Gasteiger partial charge in [-0.15, -0.1) is 0 Å². The van der Waals surface area contributed by atoms with Crippen LogP contribution in [0.15, 0.2) is 35.9 Å². The Morgan fingerprint density at radius 2 is 1.46 bits per heavy atom. The summed E-state index contributed by atoms with van der Waals surface area (Å²) in [4.78, 5) is 0. The maximum absolute atomic E-state index is 5.75. The van der Waals surface area contributed by atoms with Gasteiger partial charge in [-0.2, -0.15) is 0 Å². The Bertz CT molecular complexity index is 534. The second-order valence-corrected chi connectivity index (χ2v) is 8.81. The fourth-order valence-electron chi connectivity index (χ4n) is 5.20. The Labute approximate surface area is 165 Å². The first-order valence-corrected chi connectivity index (χ1v) is 11.1. The first kappa shape index (κ1) is 20.0. The van der Waals surface area contributed by atoms with Crippen molar-refractivity contribution in [3.8, 4) is 0 Å². The third-order valence-electron chi connectivity index (χ3n) is 6.89. The zero-order chi connectivity index (χ0) is 18.2. The Morgan fingerprint density at radius 3 is 2.04 bits per heavy atom. The number of allylic oxidation sites excluding steroid dienone is 1. The number of halogens is 1. The molecule has 26 heavy (non-hydrogen) atoms. The largest absolute Gasteiger partial charge is 0.380 e. The van der Waals surface area contributed by atoms with Crippen molar-refractivity contribution in [1.82, 2.24) is 0 Å². The molecule has 2 aliphatic carbocycles. The van der Waals surface area contributed by atoms with Crippen LogP contribution in [0.4, 0.5) is 0 Å². The Kier molecular flexibility index (Phi) is 8.08. The van der Waals surface area contributed by atoms with Crippen LogP contribution in [-0.2, 0) is 17.8 Å². The van der Waals surface area contributed by atoms with Crippen LogP contribution in [-0.4, -0.2) is 7.11 Å². The van der Waals surface area contributed by atoms with E-state index in [1.807, 2.05) is 0 Å². The van der Waals surface area contributed by atoms with Crippen molar-refractivity contribution in [2.24, 2.45) is 23.7 Å². The molecule has 0 radical (unpaired) electrons. The average Bonchev–Trinajstić information content (AvgIpc) is 2.69. The lowest BCUT2D eigenvalue weighted by atomic mass is 9.68. The molecule has 1 aromatic carbocycles. The molecule has 0 N–H and O–H groups in total. The minimum Gasteiger partial charge on any atom is -0.380 e. The van der Waals surface area contributed by atoms with Crippen molar-refractivity contribution in [2.75, 3.05) is 7.11 Å². The van der Waals surface area contributed by atoms with Crippen molar-refractivity contribution in [3.05, 3.63) is 47.0 Å². The molecule has 2 fully saturated rings. The van der Waals surface area contributed by atoms with Crippen molar-refractivity contribution < 1.29 is 4.74 Å². The topological polar surface area (TPSA) is 9.23 Å². The van der Waals surface area contributed by atoms with Gasteiger partial charge in [0.25, 0.3) is 0 Å². The van der Waals surface area contributed by atoms with E-state index in [1.54, 1.807) is 12.6 Å². The summed E-state index contributed by atoms with van der Waals surface area (Å²) in [5.41, 5.74) is 4.48. The van der Waals surface area contributed by atoms with Gasteiger partial charge in [-0.3, -0.25) is 0 Å². The van der Waals surface area contributed by atoms with Crippen LogP contribution in [0.1, 0.15) is 68.9 Å². The predicted molar refractivity (Wildman–Crippen MR) is 111 cm³/mol. The summed E-state index contributed by atoms with van der Waals surface area (Å²) in [5.74, 6) is 3.68. The zero-order valence-corrected chi connectivity index (χ0v) is 17.1. The van der Waals surface area contributed by atoms with E-state index >= 15 is 0 Å². The van der Waals surface area contributed by atoms with E-state index in [1.165, 1.54) is 75.3 Å². The van der Waals surface area contributed by atoms with Crippen molar-refractivity contribution in [2.45, 2.75) is 70.8 Å². The van der Waals surface area contributed by atoms with E-state index in [9.17, 15) is 0 Å². The van der Waals surface area contributed by atoms with E-state index in [2.05, 4.69) is 30.3 Å². The number of ether oxygens (including phenoxy) is 1. The molecule has 0 bridgehead atoms. The average molecular weight is 375 g/mol. The van der Waals surface area contributed by atoms with Gasteiger partial charge in [0.2, 0.25) is 0 Å². The predicted octanol–water partition coefficient (Wildman–Crippen LogP) is 7.13. The summed E-state index contributed by atoms with van der Waals surface area (Å²) in [6.07, 6.45) is 16.2. The van der Waals surface area contributed by atoms with Crippen LogP contribution >= 0.6 is 11.6 Å². The molecular weight excluding hydrogens is 340 g/mol. The van der Waals surface area contributed by atoms with Gasteiger partial charge in [0.15, 0.2) is 0 Å². The standard InChI is InChI=1S/C24H35ClO/c1-26-18-22-6-4-19(5-7-22)2-3-20-8-12-23(13-9-20)24-14-10-21(11-15-24)16-17-25/h4-7,16-17,20-21,23-24H,2-3,8-15,18H2,1H3. The van der Waals surface area contributed by atoms with Gasteiger partial charge in [0, 0.05) is 12.6 Å². The first-order valence-electron chi connectivity index (χ1n) is 10.6. The van der Waals surface area contributed by atoms with E-state index in [-0.39, 0.29) is 0 Å². The normalized spacial score (nSPS) is 29.9. The summed E-state index contributed by atoms with van der Waals surface area (Å²) >= 11 is 5.75. The van der Waals surface area contributed by atoms with Crippen LogP contribution in [0.2, 0.25) is 0 Å². The molecule has 0 spiro atoms. The molecule has 1 aromatic rings. The highest BCUT2D eigenvalue weighted by molar-refractivity contribution is 6.25. The molecule has 3 rings (SSSR count).